The van der Waals surface area contributed by atoms with E-state index in [1.54, 1.807) is 0 Å². The highest BCUT2D eigenvalue weighted by atomic mass is 32.1. The van der Waals surface area contributed by atoms with Crippen LogP contribution in [0.15, 0.2) is 18.2 Å². The molecule has 2 heterocycles. The average molecular weight is 246 g/mol. The molecule has 0 amide bonds. The molecule has 1 aliphatic heterocycles. The number of benzene rings is 1. The summed E-state index contributed by atoms with van der Waals surface area (Å²) in [5.74, 6) is 0. The van der Waals surface area contributed by atoms with Gasteiger partial charge in [0.1, 0.15) is 5.01 Å². The molecule has 1 aromatic carbocycles. The van der Waals surface area contributed by atoms with E-state index in [2.05, 4.69) is 30.4 Å². The maximum atomic E-state index is 4.78. The van der Waals surface area contributed by atoms with Gasteiger partial charge in [-0.25, -0.2) is 4.98 Å². The fraction of sp³-hybridized carbons (Fsp3) is 0.500. The smallest absolute Gasteiger partial charge is 0.111 e. The van der Waals surface area contributed by atoms with Crippen molar-refractivity contribution in [2.75, 3.05) is 6.54 Å². The lowest BCUT2D eigenvalue weighted by Crippen LogP contribution is -2.19. The predicted octanol–water partition coefficient (Wildman–Crippen LogP) is 3.81. The van der Waals surface area contributed by atoms with Crippen LogP contribution in [0.3, 0.4) is 0 Å². The molecule has 1 atom stereocenters. The highest BCUT2D eigenvalue weighted by Gasteiger charge is 2.17. The highest BCUT2D eigenvalue weighted by molar-refractivity contribution is 7.18. The lowest BCUT2D eigenvalue weighted by molar-refractivity contribution is 0.533. The molecule has 0 bridgehead atoms. The molecular formula is C14H18N2S. The van der Waals surface area contributed by atoms with Crippen LogP contribution in [-0.4, -0.2) is 11.5 Å². The lowest BCUT2D eigenvalue weighted by atomic mass is 10.1. The van der Waals surface area contributed by atoms with Crippen molar-refractivity contribution in [1.29, 1.82) is 0 Å². The topological polar surface area (TPSA) is 24.9 Å². The molecule has 0 spiro atoms. The van der Waals surface area contributed by atoms with E-state index in [0.717, 1.165) is 12.1 Å². The van der Waals surface area contributed by atoms with Gasteiger partial charge in [0.25, 0.3) is 0 Å². The Morgan fingerprint density at radius 1 is 1.29 bits per heavy atom. The number of fused-ring (bicyclic) bond motifs is 1. The quantitative estimate of drug-likeness (QED) is 0.827. The summed E-state index contributed by atoms with van der Waals surface area (Å²) >= 11 is 1.85. The Bertz CT molecular complexity index is 510. The number of nitrogens with one attached hydrogen (secondary N) is 1. The summed E-state index contributed by atoms with van der Waals surface area (Å²) in [4.78, 5) is 4.78. The molecule has 90 valence electrons. The van der Waals surface area contributed by atoms with E-state index < -0.39 is 0 Å². The van der Waals surface area contributed by atoms with Crippen LogP contribution in [0.4, 0.5) is 0 Å². The zero-order valence-electron chi connectivity index (χ0n) is 10.2. The summed E-state index contributed by atoms with van der Waals surface area (Å²) in [5, 5.41) is 4.89. The van der Waals surface area contributed by atoms with Crippen molar-refractivity contribution >= 4 is 21.6 Å². The average Bonchev–Trinajstić information content (AvgIpc) is 2.57. The van der Waals surface area contributed by atoms with Gasteiger partial charge in [-0.2, -0.15) is 0 Å². The van der Waals surface area contributed by atoms with Gasteiger partial charge in [-0.05, 0) is 44.0 Å². The van der Waals surface area contributed by atoms with Crippen molar-refractivity contribution in [3.63, 3.8) is 0 Å². The Morgan fingerprint density at radius 3 is 3.18 bits per heavy atom. The summed E-state index contributed by atoms with van der Waals surface area (Å²) in [6, 6.07) is 7.01. The number of thiazole rings is 1. The zero-order chi connectivity index (χ0) is 11.7. The molecule has 2 nitrogen and oxygen atoms in total. The van der Waals surface area contributed by atoms with Gasteiger partial charge in [-0.3, -0.25) is 0 Å². The van der Waals surface area contributed by atoms with Crippen molar-refractivity contribution < 1.29 is 0 Å². The molecule has 1 N–H and O–H groups in total. The van der Waals surface area contributed by atoms with Gasteiger partial charge in [0.05, 0.1) is 16.3 Å². The van der Waals surface area contributed by atoms with Crippen LogP contribution in [0, 0.1) is 6.92 Å². The van der Waals surface area contributed by atoms with Gasteiger partial charge in [-0.15, -0.1) is 11.3 Å². The Kier molecular flexibility index (Phi) is 3.12. The van der Waals surface area contributed by atoms with Crippen LogP contribution >= 0.6 is 11.3 Å². The van der Waals surface area contributed by atoms with Gasteiger partial charge in [0.15, 0.2) is 0 Å². The molecular weight excluding hydrogens is 228 g/mol. The number of hydrogen-bond acceptors (Lipinski definition) is 3. The van der Waals surface area contributed by atoms with Crippen LogP contribution in [0.1, 0.15) is 42.3 Å². The Labute approximate surface area is 106 Å². The van der Waals surface area contributed by atoms with Crippen molar-refractivity contribution in [1.82, 2.24) is 10.3 Å². The van der Waals surface area contributed by atoms with Crippen LogP contribution in [0.2, 0.25) is 0 Å². The van der Waals surface area contributed by atoms with E-state index in [1.165, 1.54) is 41.0 Å². The summed E-state index contributed by atoms with van der Waals surface area (Å²) in [6.45, 7) is 3.28. The predicted molar refractivity (Wildman–Crippen MR) is 73.6 cm³/mol. The van der Waals surface area contributed by atoms with Gasteiger partial charge >= 0.3 is 0 Å². The maximum Gasteiger partial charge on any atom is 0.111 e. The van der Waals surface area contributed by atoms with E-state index in [9.17, 15) is 0 Å². The second-order valence-electron chi connectivity index (χ2n) is 4.88. The van der Waals surface area contributed by atoms with E-state index in [-0.39, 0.29) is 0 Å². The van der Waals surface area contributed by atoms with E-state index >= 15 is 0 Å². The zero-order valence-corrected chi connectivity index (χ0v) is 11.0. The number of rotatable bonds is 1. The lowest BCUT2D eigenvalue weighted by Gasteiger charge is -2.11. The molecule has 0 radical (unpaired) electrons. The third kappa shape index (κ3) is 2.35. The Morgan fingerprint density at radius 2 is 2.24 bits per heavy atom. The SMILES string of the molecule is Cc1ccc2nc(C3CCCCCN3)sc2c1. The minimum absolute atomic E-state index is 0.482. The Balaban J connectivity index is 1.93. The van der Waals surface area contributed by atoms with Gasteiger partial charge in [-0.1, -0.05) is 18.9 Å². The fourth-order valence-electron chi connectivity index (χ4n) is 2.44. The standard InChI is InChI=1S/C14H18N2S/c1-10-6-7-11-13(9-10)17-14(16-11)12-5-3-2-4-8-15-12/h6-7,9,12,15H,2-5,8H2,1H3. The van der Waals surface area contributed by atoms with E-state index in [1.807, 2.05) is 11.3 Å². The van der Waals surface area contributed by atoms with Gasteiger partial charge in [0.2, 0.25) is 0 Å². The van der Waals surface area contributed by atoms with Crippen LogP contribution in [0.25, 0.3) is 10.2 Å². The molecule has 1 unspecified atom stereocenters. The minimum Gasteiger partial charge on any atom is -0.308 e. The highest BCUT2D eigenvalue weighted by Crippen LogP contribution is 2.30. The normalized spacial score (nSPS) is 21.6. The van der Waals surface area contributed by atoms with Crippen molar-refractivity contribution in [3.8, 4) is 0 Å². The molecule has 0 aliphatic carbocycles. The number of hydrogen-bond donors (Lipinski definition) is 1. The van der Waals surface area contributed by atoms with Crippen molar-refractivity contribution in [2.45, 2.75) is 38.6 Å². The second kappa shape index (κ2) is 4.75. The first-order valence-electron chi connectivity index (χ1n) is 6.43. The monoisotopic (exact) mass is 246 g/mol. The van der Waals surface area contributed by atoms with E-state index in [0.29, 0.717) is 6.04 Å². The number of nitrogens with zero attached hydrogens (tertiary/aromatic N) is 1. The summed E-state index contributed by atoms with van der Waals surface area (Å²) in [7, 11) is 0. The molecule has 1 aliphatic rings. The first-order valence-corrected chi connectivity index (χ1v) is 7.25. The van der Waals surface area contributed by atoms with E-state index in [4.69, 9.17) is 4.98 Å². The Hall–Kier alpha value is -0.930. The van der Waals surface area contributed by atoms with Crippen molar-refractivity contribution in [2.24, 2.45) is 0 Å². The first kappa shape index (κ1) is 11.2. The van der Waals surface area contributed by atoms with Crippen LogP contribution < -0.4 is 5.32 Å². The second-order valence-corrected chi connectivity index (χ2v) is 5.94. The molecule has 1 saturated heterocycles. The number of aromatic nitrogens is 1. The fourth-order valence-corrected chi connectivity index (χ4v) is 3.61. The van der Waals surface area contributed by atoms with Gasteiger partial charge < -0.3 is 5.32 Å². The molecule has 3 rings (SSSR count). The van der Waals surface area contributed by atoms with Crippen LogP contribution in [-0.2, 0) is 0 Å². The molecule has 1 aromatic heterocycles. The minimum atomic E-state index is 0.482. The third-order valence-electron chi connectivity index (χ3n) is 3.42. The maximum absolute atomic E-state index is 4.78. The summed E-state index contributed by atoms with van der Waals surface area (Å²) in [6.07, 6.45) is 5.22. The van der Waals surface area contributed by atoms with Gasteiger partial charge in [0, 0.05) is 0 Å². The van der Waals surface area contributed by atoms with Crippen LogP contribution in [0.5, 0.6) is 0 Å². The first-order chi connectivity index (χ1) is 8.33. The third-order valence-corrected chi connectivity index (χ3v) is 4.55. The molecule has 1 fully saturated rings. The number of aryl methyl sites for hydroxylation is 1. The molecule has 3 heteroatoms. The molecule has 17 heavy (non-hydrogen) atoms. The largest absolute Gasteiger partial charge is 0.308 e. The van der Waals surface area contributed by atoms with Crippen molar-refractivity contribution in [3.05, 3.63) is 28.8 Å². The summed E-state index contributed by atoms with van der Waals surface area (Å²) < 4.78 is 1.33. The molecule has 0 saturated carbocycles. The molecule has 2 aromatic rings. The summed E-state index contributed by atoms with van der Waals surface area (Å²) in [5.41, 5.74) is 2.48.